The van der Waals surface area contributed by atoms with Gasteiger partial charge in [-0.3, -0.25) is 0 Å². The number of hydrogen-bond donors (Lipinski definition) is 0. The molecule has 0 N–H and O–H groups in total. The molecule has 4 rings (SSSR count). The third kappa shape index (κ3) is 4.52. The fourth-order valence-corrected chi connectivity index (χ4v) is 5.30. The van der Waals surface area contributed by atoms with Crippen molar-refractivity contribution in [2.24, 2.45) is 0 Å². The number of benzene rings is 2. The summed E-state index contributed by atoms with van der Waals surface area (Å²) in [7, 11) is -3.57. The minimum atomic E-state index is -3.57. The van der Waals surface area contributed by atoms with Crippen molar-refractivity contribution in [3.8, 4) is 0 Å². The molecule has 0 bridgehead atoms. The second-order valence-electron chi connectivity index (χ2n) is 7.43. The Balaban J connectivity index is 1.44. The number of fused-ring (bicyclic) bond motifs is 1. The molecule has 6 nitrogen and oxygen atoms in total. The van der Waals surface area contributed by atoms with Crippen LogP contribution < -0.4 is 0 Å². The fourth-order valence-electron chi connectivity index (χ4n) is 3.82. The van der Waals surface area contributed by atoms with E-state index in [1.807, 2.05) is 18.2 Å². The Morgan fingerprint density at radius 1 is 1.00 bits per heavy atom. The van der Waals surface area contributed by atoms with Gasteiger partial charge in [-0.15, -0.1) is 0 Å². The van der Waals surface area contributed by atoms with Crippen LogP contribution in [0, 0.1) is 0 Å². The molecule has 29 heavy (non-hydrogen) atoms. The van der Waals surface area contributed by atoms with E-state index in [0.29, 0.717) is 37.4 Å². The molecule has 0 spiro atoms. The molecule has 1 saturated heterocycles. The van der Waals surface area contributed by atoms with Gasteiger partial charge < -0.3 is 9.47 Å². The highest BCUT2D eigenvalue weighted by atomic mass is 32.2. The van der Waals surface area contributed by atoms with E-state index < -0.39 is 10.0 Å². The average Bonchev–Trinajstić information content (AvgIpc) is 2.78. The summed E-state index contributed by atoms with van der Waals surface area (Å²) < 4.78 is 37.7. The largest absolute Gasteiger partial charge is 0.457 e. The third-order valence-electron chi connectivity index (χ3n) is 5.46. The molecule has 1 aliphatic heterocycles. The van der Waals surface area contributed by atoms with Crippen LogP contribution in [0.1, 0.15) is 39.9 Å². The first-order chi connectivity index (χ1) is 14.0. The molecule has 0 aromatic heterocycles. The van der Waals surface area contributed by atoms with E-state index in [4.69, 9.17) is 9.47 Å². The molecule has 1 aliphatic carbocycles. The molecule has 2 aromatic carbocycles. The van der Waals surface area contributed by atoms with Gasteiger partial charge in [0.05, 0.1) is 23.7 Å². The number of aryl methyl sites for hydroxylation is 2. The first-order valence-corrected chi connectivity index (χ1v) is 11.4. The van der Waals surface area contributed by atoms with E-state index in [0.717, 1.165) is 19.3 Å². The van der Waals surface area contributed by atoms with Crippen LogP contribution in [0.2, 0.25) is 0 Å². The van der Waals surface area contributed by atoms with Gasteiger partial charge >= 0.3 is 5.97 Å². The minimum Gasteiger partial charge on any atom is -0.457 e. The summed E-state index contributed by atoms with van der Waals surface area (Å²) in [6.45, 7) is 1.52. The average molecular weight is 416 g/mol. The number of esters is 1. The van der Waals surface area contributed by atoms with Crippen molar-refractivity contribution < 1.29 is 22.7 Å². The lowest BCUT2D eigenvalue weighted by Crippen LogP contribution is -2.40. The maximum absolute atomic E-state index is 12.8. The molecule has 1 heterocycles. The van der Waals surface area contributed by atoms with Gasteiger partial charge in [-0.25, -0.2) is 13.2 Å². The van der Waals surface area contributed by atoms with Crippen molar-refractivity contribution in [3.05, 3.63) is 64.7 Å². The van der Waals surface area contributed by atoms with E-state index in [2.05, 4.69) is 0 Å². The number of carbonyl (C=O) groups excluding carboxylic acids is 1. The molecular formula is C22H25NO5S. The van der Waals surface area contributed by atoms with Crippen LogP contribution in [0.3, 0.4) is 0 Å². The number of hydrogen-bond acceptors (Lipinski definition) is 5. The Kier molecular flexibility index (Phi) is 5.99. The van der Waals surface area contributed by atoms with Gasteiger partial charge in [-0.2, -0.15) is 4.31 Å². The van der Waals surface area contributed by atoms with Crippen molar-refractivity contribution in [2.45, 2.75) is 37.2 Å². The number of morpholine rings is 1. The van der Waals surface area contributed by atoms with Crippen molar-refractivity contribution in [1.82, 2.24) is 4.31 Å². The molecule has 2 aliphatic rings. The molecule has 154 valence electrons. The highest BCUT2D eigenvalue weighted by Gasteiger charge is 2.26. The molecule has 0 radical (unpaired) electrons. The second-order valence-corrected chi connectivity index (χ2v) is 9.37. The standard InChI is InChI=1S/C22H25NO5S/c24-22(20-9-8-18-5-1-2-6-19(18)15-20)28-16-17-4-3-7-21(14-17)29(25,26)23-10-12-27-13-11-23/h3-4,7-9,14-15H,1-2,5-6,10-13,16H2. The first kappa shape index (κ1) is 20.1. The van der Waals surface area contributed by atoms with Gasteiger partial charge in [-0.1, -0.05) is 18.2 Å². The summed E-state index contributed by atoms with van der Waals surface area (Å²) in [6.07, 6.45) is 4.41. The summed E-state index contributed by atoms with van der Waals surface area (Å²) in [5.41, 5.74) is 3.73. The normalized spacial score (nSPS) is 17.5. The van der Waals surface area contributed by atoms with E-state index in [9.17, 15) is 13.2 Å². The number of sulfonamides is 1. The summed E-state index contributed by atoms with van der Waals surface area (Å²) in [5.74, 6) is -0.389. The number of carbonyl (C=O) groups is 1. The van der Waals surface area contributed by atoms with E-state index >= 15 is 0 Å². The number of rotatable bonds is 5. The lowest BCUT2D eigenvalue weighted by atomic mass is 9.90. The highest BCUT2D eigenvalue weighted by molar-refractivity contribution is 7.89. The Labute approximate surface area is 171 Å². The predicted molar refractivity (Wildman–Crippen MR) is 108 cm³/mol. The van der Waals surface area contributed by atoms with Crippen LogP contribution in [0.4, 0.5) is 0 Å². The fraction of sp³-hybridized carbons (Fsp3) is 0.409. The summed E-state index contributed by atoms with van der Waals surface area (Å²) >= 11 is 0. The van der Waals surface area contributed by atoms with Crippen molar-refractivity contribution in [2.75, 3.05) is 26.3 Å². The van der Waals surface area contributed by atoms with E-state index in [-0.39, 0.29) is 17.5 Å². The SMILES string of the molecule is O=C(OCc1cccc(S(=O)(=O)N2CCOCC2)c1)c1ccc2c(c1)CCCC2. The zero-order chi connectivity index (χ0) is 20.3. The molecule has 2 aromatic rings. The Bertz CT molecular complexity index is 996. The molecule has 0 amide bonds. The quantitative estimate of drug-likeness (QED) is 0.702. The second kappa shape index (κ2) is 8.65. The molecule has 0 atom stereocenters. The van der Waals surface area contributed by atoms with E-state index in [1.165, 1.54) is 21.9 Å². The topological polar surface area (TPSA) is 72.9 Å². The highest BCUT2D eigenvalue weighted by Crippen LogP contribution is 2.23. The Morgan fingerprint density at radius 3 is 2.55 bits per heavy atom. The van der Waals surface area contributed by atoms with Gasteiger partial charge in [0.15, 0.2) is 0 Å². The van der Waals surface area contributed by atoms with Crippen LogP contribution in [0.5, 0.6) is 0 Å². The summed E-state index contributed by atoms with van der Waals surface area (Å²) in [4.78, 5) is 12.7. The zero-order valence-corrected chi connectivity index (χ0v) is 17.1. The van der Waals surface area contributed by atoms with Gasteiger partial charge in [0.2, 0.25) is 10.0 Å². The van der Waals surface area contributed by atoms with Crippen molar-refractivity contribution in [1.29, 1.82) is 0 Å². The zero-order valence-electron chi connectivity index (χ0n) is 16.3. The maximum Gasteiger partial charge on any atom is 0.338 e. The maximum atomic E-state index is 12.8. The van der Waals surface area contributed by atoms with Crippen LogP contribution in [-0.2, 0) is 38.9 Å². The van der Waals surface area contributed by atoms with Gasteiger partial charge in [0.1, 0.15) is 6.61 Å². The third-order valence-corrected chi connectivity index (χ3v) is 7.36. The lowest BCUT2D eigenvalue weighted by Gasteiger charge is -2.26. The molecule has 0 unspecified atom stereocenters. The predicted octanol–water partition coefficient (Wildman–Crippen LogP) is 2.94. The van der Waals surface area contributed by atoms with Crippen LogP contribution in [-0.4, -0.2) is 45.0 Å². The van der Waals surface area contributed by atoms with Crippen molar-refractivity contribution >= 4 is 16.0 Å². The summed E-state index contributed by atoms with van der Waals surface area (Å²) in [6, 6.07) is 12.3. The summed E-state index contributed by atoms with van der Waals surface area (Å²) in [5, 5.41) is 0. The molecule has 7 heteroatoms. The smallest absolute Gasteiger partial charge is 0.338 e. The monoisotopic (exact) mass is 415 g/mol. The number of nitrogens with zero attached hydrogens (tertiary/aromatic N) is 1. The van der Waals surface area contributed by atoms with Crippen LogP contribution in [0.15, 0.2) is 47.4 Å². The van der Waals surface area contributed by atoms with E-state index in [1.54, 1.807) is 24.3 Å². The Hall–Kier alpha value is -2.22. The molecule has 0 saturated carbocycles. The van der Waals surface area contributed by atoms with Gasteiger partial charge in [0, 0.05) is 13.1 Å². The Morgan fingerprint density at radius 2 is 1.76 bits per heavy atom. The number of ether oxygens (including phenoxy) is 2. The van der Waals surface area contributed by atoms with Gasteiger partial charge in [0.25, 0.3) is 0 Å². The van der Waals surface area contributed by atoms with Crippen LogP contribution >= 0.6 is 0 Å². The lowest BCUT2D eigenvalue weighted by molar-refractivity contribution is 0.0472. The first-order valence-electron chi connectivity index (χ1n) is 10.00. The molecule has 1 fully saturated rings. The van der Waals surface area contributed by atoms with Gasteiger partial charge in [-0.05, 0) is 66.6 Å². The van der Waals surface area contributed by atoms with Crippen LogP contribution in [0.25, 0.3) is 0 Å². The van der Waals surface area contributed by atoms with Crippen molar-refractivity contribution in [3.63, 3.8) is 0 Å². The molecular weight excluding hydrogens is 390 g/mol. The minimum absolute atomic E-state index is 0.0301.